The monoisotopic (exact) mass is 385 g/mol. The zero-order chi connectivity index (χ0) is 20.2. The lowest BCUT2D eigenvalue weighted by molar-refractivity contribution is -0.111. The molecule has 0 atom stereocenters. The van der Waals surface area contributed by atoms with Crippen LogP contribution in [0, 0.1) is 13.8 Å². The van der Waals surface area contributed by atoms with Crippen molar-refractivity contribution in [2.75, 3.05) is 5.32 Å². The van der Waals surface area contributed by atoms with Gasteiger partial charge in [-0.05, 0) is 66.7 Å². The Labute approximate surface area is 167 Å². The molecular weight excluding hydrogens is 366 g/mol. The maximum Gasteiger partial charge on any atom is 0.248 e. The van der Waals surface area contributed by atoms with Crippen LogP contribution < -0.4 is 5.32 Å². The van der Waals surface area contributed by atoms with Crippen molar-refractivity contribution in [1.29, 1.82) is 0 Å². The Hall–Kier alpha value is -4.07. The maximum atomic E-state index is 12.3. The number of carbonyl (C=O) groups excluding carboxylic acids is 1. The standard InChI is InChI=1S/C21H19N7O/c1-15-20(16(2)28(24-15)19-6-4-3-5-7-19)12-13-21(29)23-17-8-10-18(11-9-17)27-14-22-25-26-27/h3-14H,1-2H3,(H,23,29)/b13-12+. The van der Waals surface area contributed by atoms with Crippen LogP contribution in [0.15, 0.2) is 67.0 Å². The fourth-order valence-electron chi connectivity index (χ4n) is 3.04. The summed E-state index contributed by atoms with van der Waals surface area (Å²) in [7, 11) is 0. The third-order valence-corrected chi connectivity index (χ3v) is 4.50. The molecule has 8 heteroatoms. The van der Waals surface area contributed by atoms with Crippen molar-refractivity contribution in [3.63, 3.8) is 0 Å². The molecule has 0 aliphatic carbocycles. The molecule has 0 saturated heterocycles. The van der Waals surface area contributed by atoms with E-state index in [1.54, 1.807) is 22.9 Å². The van der Waals surface area contributed by atoms with Crippen molar-refractivity contribution in [3.05, 3.63) is 84.0 Å². The molecule has 29 heavy (non-hydrogen) atoms. The van der Waals surface area contributed by atoms with Gasteiger partial charge in [0, 0.05) is 23.0 Å². The first kappa shape index (κ1) is 18.3. The van der Waals surface area contributed by atoms with E-state index in [2.05, 4.69) is 25.9 Å². The highest BCUT2D eigenvalue weighted by Gasteiger charge is 2.10. The molecule has 1 N–H and O–H groups in total. The summed E-state index contributed by atoms with van der Waals surface area (Å²) in [5, 5.41) is 18.5. The van der Waals surface area contributed by atoms with Gasteiger partial charge < -0.3 is 5.32 Å². The van der Waals surface area contributed by atoms with Gasteiger partial charge in [0.2, 0.25) is 5.91 Å². The number of hydrogen-bond donors (Lipinski definition) is 1. The second-order valence-corrected chi connectivity index (χ2v) is 6.46. The Morgan fingerprint density at radius 2 is 1.76 bits per heavy atom. The molecule has 144 valence electrons. The molecule has 0 saturated carbocycles. The summed E-state index contributed by atoms with van der Waals surface area (Å²) in [6.07, 6.45) is 4.82. The van der Waals surface area contributed by atoms with Crippen molar-refractivity contribution < 1.29 is 4.79 Å². The van der Waals surface area contributed by atoms with Crippen molar-refractivity contribution in [2.45, 2.75) is 13.8 Å². The fraction of sp³-hybridized carbons (Fsp3) is 0.0952. The molecule has 1 amide bonds. The number of tetrazole rings is 1. The average molecular weight is 385 g/mol. The number of carbonyl (C=O) groups is 1. The molecule has 0 aliphatic rings. The Bertz CT molecular complexity index is 1140. The molecule has 8 nitrogen and oxygen atoms in total. The van der Waals surface area contributed by atoms with Gasteiger partial charge in [-0.25, -0.2) is 9.36 Å². The second-order valence-electron chi connectivity index (χ2n) is 6.46. The number of anilines is 1. The minimum absolute atomic E-state index is 0.216. The van der Waals surface area contributed by atoms with Gasteiger partial charge in [0.05, 0.1) is 17.1 Å². The van der Waals surface area contributed by atoms with Crippen molar-refractivity contribution in [1.82, 2.24) is 30.0 Å². The Kier molecular flexibility index (Phi) is 4.98. The summed E-state index contributed by atoms with van der Waals surface area (Å²) in [5.41, 5.74) is 5.25. The summed E-state index contributed by atoms with van der Waals surface area (Å²) in [5.74, 6) is -0.216. The van der Waals surface area contributed by atoms with E-state index in [4.69, 9.17) is 0 Å². The molecule has 0 spiro atoms. The summed E-state index contributed by atoms with van der Waals surface area (Å²) >= 11 is 0. The number of nitrogens with one attached hydrogen (secondary N) is 1. The molecule has 4 aromatic rings. The third-order valence-electron chi connectivity index (χ3n) is 4.50. The van der Waals surface area contributed by atoms with Crippen LogP contribution in [0.2, 0.25) is 0 Å². The lowest BCUT2D eigenvalue weighted by Gasteiger charge is -2.04. The van der Waals surface area contributed by atoms with Crippen molar-refractivity contribution in [2.24, 2.45) is 0 Å². The summed E-state index contributed by atoms with van der Waals surface area (Å²) < 4.78 is 3.42. The molecule has 0 radical (unpaired) electrons. The topological polar surface area (TPSA) is 90.5 Å². The third kappa shape index (κ3) is 3.96. The predicted molar refractivity (Wildman–Crippen MR) is 110 cm³/mol. The zero-order valence-electron chi connectivity index (χ0n) is 16.0. The summed E-state index contributed by atoms with van der Waals surface area (Å²) in [6, 6.07) is 17.2. The highest BCUT2D eigenvalue weighted by Crippen LogP contribution is 2.19. The first-order valence-corrected chi connectivity index (χ1v) is 9.06. The van der Waals surface area contributed by atoms with Crippen LogP contribution in [-0.4, -0.2) is 35.9 Å². The van der Waals surface area contributed by atoms with E-state index in [9.17, 15) is 4.79 Å². The van der Waals surface area contributed by atoms with E-state index in [0.717, 1.165) is 28.3 Å². The molecule has 0 bridgehead atoms. The SMILES string of the molecule is Cc1nn(-c2ccccc2)c(C)c1/C=C/C(=O)Nc1ccc(-n2cnnn2)cc1. The highest BCUT2D eigenvalue weighted by atomic mass is 16.1. The highest BCUT2D eigenvalue weighted by molar-refractivity contribution is 6.02. The van der Waals surface area contributed by atoms with Gasteiger partial charge in [-0.1, -0.05) is 18.2 Å². The number of rotatable bonds is 5. The second kappa shape index (κ2) is 7.89. The number of para-hydroxylation sites is 1. The molecule has 2 aromatic carbocycles. The van der Waals surface area contributed by atoms with Crippen molar-refractivity contribution >= 4 is 17.7 Å². The van der Waals surface area contributed by atoms with Crippen LogP contribution in [-0.2, 0) is 4.79 Å². The maximum absolute atomic E-state index is 12.3. The van der Waals surface area contributed by atoms with Crippen LogP contribution in [0.5, 0.6) is 0 Å². The van der Waals surface area contributed by atoms with Crippen LogP contribution in [0.3, 0.4) is 0 Å². The lowest BCUT2D eigenvalue weighted by atomic mass is 10.2. The molecule has 0 fully saturated rings. The zero-order valence-corrected chi connectivity index (χ0v) is 16.0. The van der Waals surface area contributed by atoms with E-state index >= 15 is 0 Å². The summed E-state index contributed by atoms with van der Waals surface area (Å²) in [6.45, 7) is 3.92. The number of aryl methyl sites for hydroxylation is 1. The van der Waals surface area contributed by atoms with Crippen LogP contribution in [0.1, 0.15) is 17.0 Å². The van der Waals surface area contributed by atoms with Gasteiger partial charge in [-0.3, -0.25) is 4.79 Å². The Balaban J connectivity index is 1.47. The van der Waals surface area contributed by atoms with Crippen molar-refractivity contribution in [3.8, 4) is 11.4 Å². The minimum Gasteiger partial charge on any atom is -0.323 e. The first-order chi connectivity index (χ1) is 14.1. The minimum atomic E-state index is -0.216. The van der Waals surface area contributed by atoms with E-state index in [1.165, 1.54) is 12.4 Å². The summed E-state index contributed by atoms with van der Waals surface area (Å²) in [4.78, 5) is 12.3. The molecule has 2 heterocycles. The van der Waals surface area contributed by atoms with E-state index < -0.39 is 0 Å². The average Bonchev–Trinajstić information content (AvgIpc) is 3.37. The van der Waals surface area contributed by atoms with Crippen LogP contribution in [0.25, 0.3) is 17.5 Å². The number of aromatic nitrogens is 6. The first-order valence-electron chi connectivity index (χ1n) is 9.06. The quantitative estimate of drug-likeness (QED) is 0.533. The van der Waals surface area contributed by atoms with Gasteiger partial charge in [0.1, 0.15) is 6.33 Å². The predicted octanol–water partition coefficient (Wildman–Crippen LogP) is 3.12. The van der Waals surface area contributed by atoms with Gasteiger partial charge in [-0.15, -0.1) is 5.10 Å². The number of nitrogens with zero attached hydrogens (tertiary/aromatic N) is 6. The van der Waals surface area contributed by atoms with E-state index in [-0.39, 0.29) is 5.91 Å². The van der Waals surface area contributed by atoms with Gasteiger partial charge in [0.15, 0.2) is 0 Å². The van der Waals surface area contributed by atoms with E-state index in [0.29, 0.717) is 5.69 Å². The van der Waals surface area contributed by atoms with Gasteiger partial charge in [-0.2, -0.15) is 5.10 Å². The van der Waals surface area contributed by atoms with Crippen LogP contribution in [0.4, 0.5) is 5.69 Å². The smallest absolute Gasteiger partial charge is 0.248 e. The largest absolute Gasteiger partial charge is 0.323 e. The van der Waals surface area contributed by atoms with Gasteiger partial charge >= 0.3 is 0 Å². The Morgan fingerprint density at radius 3 is 2.45 bits per heavy atom. The molecule has 0 unspecified atom stereocenters. The number of hydrogen-bond acceptors (Lipinski definition) is 5. The lowest BCUT2D eigenvalue weighted by Crippen LogP contribution is -2.08. The number of amides is 1. The normalized spacial score (nSPS) is 11.1. The molecular formula is C21H19N7O. The van der Waals surface area contributed by atoms with Gasteiger partial charge in [0.25, 0.3) is 0 Å². The van der Waals surface area contributed by atoms with Crippen LogP contribution >= 0.6 is 0 Å². The fourth-order valence-corrected chi connectivity index (χ4v) is 3.04. The van der Waals surface area contributed by atoms with E-state index in [1.807, 2.05) is 61.0 Å². The molecule has 4 rings (SSSR count). The molecule has 2 aromatic heterocycles. The molecule has 0 aliphatic heterocycles. The number of benzene rings is 2. The Morgan fingerprint density at radius 1 is 1.00 bits per heavy atom.